The number of benzene rings is 1. The molecular formula is C14H19BrN2O2. The second-order valence-electron chi connectivity index (χ2n) is 5.14. The Bertz CT molecular complexity index is 471. The van der Waals surface area contributed by atoms with Crippen LogP contribution in [0.4, 0.5) is 5.69 Å². The van der Waals surface area contributed by atoms with Gasteiger partial charge in [0, 0.05) is 17.6 Å². The van der Waals surface area contributed by atoms with Gasteiger partial charge < -0.3 is 15.8 Å². The molecule has 19 heavy (non-hydrogen) atoms. The van der Waals surface area contributed by atoms with Crippen molar-refractivity contribution in [1.29, 1.82) is 0 Å². The Morgan fingerprint density at radius 2 is 2.16 bits per heavy atom. The van der Waals surface area contributed by atoms with Crippen LogP contribution in [0.25, 0.3) is 0 Å². The van der Waals surface area contributed by atoms with Crippen LogP contribution in [0.1, 0.15) is 32.1 Å². The number of anilines is 1. The molecule has 0 aliphatic heterocycles. The molecule has 3 N–H and O–H groups in total. The summed E-state index contributed by atoms with van der Waals surface area (Å²) in [6.45, 7) is 0. The minimum atomic E-state index is -0.312. The van der Waals surface area contributed by atoms with E-state index in [1.165, 1.54) is 0 Å². The lowest BCUT2D eigenvalue weighted by Crippen LogP contribution is -2.40. The normalized spacial score (nSPS) is 17.2. The number of carbonyl (C=O) groups excluding carboxylic acids is 1. The molecule has 104 valence electrons. The Morgan fingerprint density at radius 3 is 2.74 bits per heavy atom. The average molecular weight is 327 g/mol. The number of rotatable bonds is 4. The van der Waals surface area contributed by atoms with Gasteiger partial charge in [-0.3, -0.25) is 4.79 Å². The molecule has 1 amide bonds. The number of hydrogen-bond donors (Lipinski definition) is 2. The van der Waals surface area contributed by atoms with Gasteiger partial charge in [-0.25, -0.2) is 0 Å². The van der Waals surface area contributed by atoms with Gasteiger partial charge in [-0.15, -0.1) is 0 Å². The lowest BCUT2D eigenvalue weighted by molar-refractivity contribution is -0.117. The van der Waals surface area contributed by atoms with Crippen LogP contribution >= 0.6 is 15.9 Å². The smallest absolute Gasteiger partial charge is 0.226 e. The summed E-state index contributed by atoms with van der Waals surface area (Å²) in [5, 5.41) is 2.88. The fourth-order valence-corrected chi connectivity index (χ4v) is 3.07. The van der Waals surface area contributed by atoms with E-state index in [0.717, 1.165) is 41.6 Å². The quantitative estimate of drug-likeness (QED) is 0.893. The first-order valence-corrected chi connectivity index (χ1v) is 7.24. The molecule has 4 nitrogen and oxygen atoms in total. The van der Waals surface area contributed by atoms with Crippen molar-refractivity contribution < 1.29 is 9.53 Å². The van der Waals surface area contributed by atoms with Crippen molar-refractivity contribution in [3.8, 4) is 5.75 Å². The van der Waals surface area contributed by atoms with Crippen LogP contribution in [-0.2, 0) is 4.79 Å². The average Bonchev–Trinajstić information content (AvgIpc) is 2.75. The van der Waals surface area contributed by atoms with Crippen molar-refractivity contribution in [1.82, 2.24) is 0 Å². The number of carbonyl (C=O) groups is 1. The van der Waals surface area contributed by atoms with E-state index in [9.17, 15) is 4.79 Å². The summed E-state index contributed by atoms with van der Waals surface area (Å²) >= 11 is 3.39. The summed E-state index contributed by atoms with van der Waals surface area (Å²) in [6.07, 6.45) is 4.51. The van der Waals surface area contributed by atoms with E-state index in [2.05, 4.69) is 21.2 Å². The second-order valence-corrected chi connectivity index (χ2v) is 6.00. The van der Waals surface area contributed by atoms with Gasteiger partial charge >= 0.3 is 0 Å². The van der Waals surface area contributed by atoms with E-state index in [1.807, 2.05) is 18.2 Å². The second kappa shape index (κ2) is 5.92. The largest absolute Gasteiger partial charge is 0.496 e. The van der Waals surface area contributed by atoms with Gasteiger partial charge in [0.15, 0.2) is 0 Å². The maximum atomic E-state index is 12.0. The molecule has 0 heterocycles. The number of hydrogen-bond acceptors (Lipinski definition) is 3. The summed E-state index contributed by atoms with van der Waals surface area (Å²) in [4.78, 5) is 12.0. The van der Waals surface area contributed by atoms with E-state index in [4.69, 9.17) is 10.5 Å². The van der Waals surface area contributed by atoms with Crippen molar-refractivity contribution in [3.05, 3.63) is 22.7 Å². The lowest BCUT2D eigenvalue weighted by atomic mass is 9.94. The van der Waals surface area contributed by atoms with Crippen molar-refractivity contribution >= 4 is 27.5 Å². The Kier molecular flexibility index (Phi) is 4.47. The van der Waals surface area contributed by atoms with Crippen LogP contribution in [0, 0.1) is 0 Å². The highest BCUT2D eigenvalue weighted by Crippen LogP contribution is 2.31. The van der Waals surface area contributed by atoms with Crippen LogP contribution in [0.3, 0.4) is 0 Å². The maximum Gasteiger partial charge on any atom is 0.226 e. The van der Waals surface area contributed by atoms with Crippen LogP contribution in [0.5, 0.6) is 5.75 Å². The van der Waals surface area contributed by atoms with E-state index < -0.39 is 0 Å². The van der Waals surface area contributed by atoms with Gasteiger partial charge in [-0.2, -0.15) is 0 Å². The minimum absolute atomic E-state index is 0.0264. The zero-order valence-electron chi connectivity index (χ0n) is 11.0. The Hall–Kier alpha value is -1.07. The molecule has 5 heteroatoms. The van der Waals surface area contributed by atoms with Crippen molar-refractivity contribution in [3.63, 3.8) is 0 Å². The molecule has 1 aliphatic rings. The molecular weight excluding hydrogens is 308 g/mol. The van der Waals surface area contributed by atoms with E-state index in [1.54, 1.807) is 7.11 Å². The first kappa shape index (κ1) is 14.3. The Balaban J connectivity index is 1.97. The summed E-state index contributed by atoms with van der Waals surface area (Å²) in [5.41, 5.74) is 6.64. The Labute approximate surface area is 121 Å². The topological polar surface area (TPSA) is 64.3 Å². The van der Waals surface area contributed by atoms with Gasteiger partial charge in [0.05, 0.1) is 11.6 Å². The third-order valence-corrected chi connectivity index (χ3v) is 4.17. The summed E-state index contributed by atoms with van der Waals surface area (Å²) < 4.78 is 5.96. The van der Waals surface area contributed by atoms with Gasteiger partial charge in [0.2, 0.25) is 5.91 Å². The van der Waals surface area contributed by atoms with Gasteiger partial charge in [0.25, 0.3) is 0 Å². The first-order chi connectivity index (χ1) is 9.02. The molecule has 1 saturated carbocycles. The summed E-state index contributed by atoms with van der Waals surface area (Å²) in [6, 6.07) is 5.46. The predicted molar refractivity (Wildman–Crippen MR) is 79.3 cm³/mol. The number of ether oxygens (including phenoxy) is 1. The van der Waals surface area contributed by atoms with Gasteiger partial charge in [-0.1, -0.05) is 12.8 Å². The highest BCUT2D eigenvalue weighted by atomic mass is 79.9. The SMILES string of the molecule is COc1ccc(NC(=O)CC2(N)CCCC2)cc1Br. The fourth-order valence-electron chi connectivity index (χ4n) is 2.52. The molecule has 1 fully saturated rings. The molecule has 2 rings (SSSR count). The lowest BCUT2D eigenvalue weighted by Gasteiger charge is -2.22. The molecule has 1 aliphatic carbocycles. The summed E-state index contributed by atoms with van der Waals surface area (Å²) in [7, 11) is 1.61. The van der Waals surface area contributed by atoms with Gasteiger partial charge in [-0.05, 0) is 47.0 Å². The monoisotopic (exact) mass is 326 g/mol. The fraction of sp³-hybridized carbons (Fsp3) is 0.500. The predicted octanol–water partition coefficient (Wildman–Crippen LogP) is 3.06. The maximum absolute atomic E-state index is 12.0. The van der Waals surface area contributed by atoms with Crippen molar-refractivity contribution in [2.24, 2.45) is 5.73 Å². The number of nitrogens with one attached hydrogen (secondary N) is 1. The minimum Gasteiger partial charge on any atom is -0.496 e. The van der Waals surface area contributed by atoms with Gasteiger partial charge in [0.1, 0.15) is 5.75 Å². The molecule has 0 bridgehead atoms. The number of nitrogens with two attached hydrogens (primary N) is 1. The van der Waals surface area contributed by atoms with E-state index in [0.29, 0.717) is 6.42 Å². The number of amides is 1. The molecule has 0 spiro atoms. The summed E-state index contributed by atoms with van der Waals surface area (Å²) in [5.74, 6) is 0.713. The van der Waals surface area contributed by atoms with Crippen LogP contribution in [0.2, 0.25) is 0 Å². The number of halogens is 1. The van der Waals surface area contributed by atoms with Crippen molar-refractivity contribution in [2.45, 2.75) is 37.6 Å². The molecule has 0 atom stereocenters. The molecule has 0 unspecified atom stereocenters. The highest BCUT2D eigenvalue weighted by Gasteiger charge is 2.31. The zero-order chi connectivity index (χ0) is 13.9. The van der Waals surface area contributed by atoms with E-state index in [-0.39, 0.29) is 11.4 Å². The molecule has 0 radical (unpaired) electrons. The molecule has 0 saturated heterocycles. The van der Waals surface area contributed by atoms with Crippen LogP contribution in [-0.4, -0.2) is 18.6 Å². The highest BCUT2D eigenvalue weighted by molar-refractivity contribution is 9.10. The Morgan fingerprint density at radius 1 is 1.47 bits per heavy atom. The van der Waals surface area contributed by atoms with E-state index >= 15 is 0 Å². The molecule has 0 aromatic heterocycles. The van der Waals surface area contributed by atoms with Crippen LogP contribution < -0.4 is 15.8 Å². The molecule has 1 aromatic rings. The molecule has 1 aromatic carbocycles. The van der Waals surface area contributed by atoms with Crippen molar-refractivity contribution in [2.75, 3.05) is 12.4 Å². The van der Waals surface area contributed by atoms with Crippen LogP contribution in [0.15, 0.2) is 22.7 Å². The third kappa shape index (κ3) is 3.70. The standard InChI is InChI=1S/C14H19BrN2O2/c1-19-12-5-4-10(8-11(12)15)17-13(18)9-14(16)6-2-3-7-14/h4-5,8H,2-3,6-7,9,16H2,1H3,(H,17,18). The number of methoxy groups -OCH3 is 1. The third-order valence-electron chi connectivity index (χ3n) is 3.55. The zero-order valence-corrected chi connectivity index (χ0v) is 12.6. The first-order valence-electron chi connectivity index (χ1n) is 6.45.